The number of alkyl carbamates (subject to hydrolysis) is 2. The third-order valence-electron chi connectivity index (χ3n) is 3.65. The van der Waals surface area contributed by atoms with Crippen molar-refractivity contribution in [2.75, 3.05) is 19.7 Å². The number of hydrogen-bond acceptors (Lipinski definition) is 5. The molecule has 0 saturated heterocycles. The molecule has 2 N–H and O–H groups in total. The molecule has 7 heteroatoms. The van der Waals surface area contributed by atoms with Crippen LogP contribution in [0, 0.1) is 5.92 Å². The molecule has 0 aliphatic rings. The van der Waals surface area contributed by atoms with Crippen molar-refractivity contribution in [2.24, 2.45) is 5.92 Å². The van der Waals surface area contributed by atoms with Gasteiger partial charge in [0.05, 0.1) is 6.61 Å². The molecule has 0 bridgehead atoms. The van der Waals surface area contributed by atoms with Gasteiger partial charge >= 0.3 is 12.2 Å². The number of carbonyl (C=O) groups excluding carboxylic acids is 2. The molecule has 0 aromatic heterocycles. The fourth-order valence-corrected chi connectivity index (χ4v) is 2.37. The highest BCUT2D eigenvalue weighted by molar-refractivity contribution is 5.68. The summed E-state index contributed by atoms with van der Waals surface area (Å²) >= 11 is 0. The molecule has 0 unspecified atom stereocenters. The molecule has 0 aliphatic heterocycles. The Morgan fingerprint density at radius 1 is 0.862 bits per heavy atom. The normalized spacial score (nSPS) is 11.8. The molecule has 0 heterocycles. The number of hydrogen-bond donors (Lipinski definition) is 2. The summed E-state index contributed by atoms with van der Waals surface area (Å²) in [5.41, 5.74) is -0.0249. The van der Waals surface area contributed by atoms with Crippen LogP contribution < -0.4 is 10.6 Å². The fourth-order valence-electron chi connectivity index (χ4n) is 2.37. The Morgan fingerprint density at radius 3 is 1.79 bits per heavy atom. The Balaban J connectivity index is 2.48. The molecule has 164 valence electrons. The number of amides is 2. The molecule has 0 saturated carbocycles. The van der Waals surface area contributed by atoms with Gasteiger partial charge in [0.2, 0.25) is 0 Å². The second-order valence-electron chi connectivity index (χ2n) is 8.96. The van der Waals surface area contributed by atoms with Crippen LogP contribution in [0.15, 0.2) is 30.3 Å². The van der Waals surface area contributed by atoms with Crippen molar-refractivity contribution >= 4 is 12.2 Å². The average Bonchev–Trinajstić information content (AvgIpc) is 2.58. The van der Waals surface area contributed by atoms with Gasteiger partial charge in [-0.25, -0.2) is 9.59 Å². The van der Waals surface area contributed by atoms with Crippen LogP contribution in [0.25, 0.3) is 0 Å². The maximum atomic E-state index is 11.9. The van der Waals surface area contributed by atoms with Crippen LogP contribution in [0.1, 0.15) is 53.5 Å². The summed E-state index contributed by atoms with van der Waals surface area (Å²) in [6, 6.07) is 9.91. The fraction of sp³-hybridized carbons (Fsp3) is 0.636. The zero-order valence-corrected chi connectivity index (χ0v) is 18.5. The second-order valence-corrected chi connectivity index (χ2v) is 8.96. The van der Waals surface area contributed by atoms with Crippen LogP contribution >= 0.6 is 0 Å². The van der Waals surface area contributed by atoms with Gasteiger partial charge in [0, 0.05) is 19.7 Å². The van der Waals surface area contributed by atoms with E-state index < -0.39 is 23.4 Å². The molecule has 7 nitrogen and oxygen atoms in total. The van der Waals surface area contributed by atoms with E-state index in [-0.39, 0.29) is 5.92 Å². The monoisotopic (exact) mass is 408 g/mol. The Bertz CT molecular complexity index is 588. The first kappa shape index (κ1) is 24.8. The van der Waals surface area contributed by atoms with Crippen molar-refractivity contribution in [2.45, 2.75) is 65.8 Å². The van der Waals surface area contributed by atoms with Gasteiger partial charge in [0.1, 0.15) is 11.2 Å². The Hall–Kier alpha value is -2.28. The van der Waals surface area contributed by atoms with Crippen LogP contribution in [0.2, 0.25) is 0 Å². The van der Waals surface area contributed by atoms with Crippen molar-refractivity contribution in [3.8, 4) is 0 Å². The van der Waals surface area contributed by atoms with Crippen molar-refractivity contribution < 1.29 is 23.8 Å². The maximum Gasteiger partial charge on any atom is 0.407 e. The highest BCUT2D eigenvalue weighted by Crippen LogP contribution is 2.10. The van der Waals surface area contributed by atoms with Gasteiger partial charge in [-0.3, -0.25) is 0 Å². The SMILES string of the molecule is CC(C)(C)OC(=O)NCC(CCOCc1ccccc1)CNC(=O)OC(C)(C)C. The highest BCUT2D eigenvalue weighted by atomic mass is 16.6. The van der Waals surface area contributed by atoms with Crippen molar-refractivity contribution in [1.29, 1.82) is 0 Å². The zero-order chi connectivity index (χ0) is 21.9. The molecule has 2 amide bonds. The molecular formula is C22H36N2O5. The van der Waals surface area contributed by atoms with Gasteiger partial charge < -0.3 is 24.8 Å². The van der Waals surface area contributed by atoms with Crippen LogP contribution in [0.3, 0.4) is 0 Å². The van der Waals surface area contributed by atoms with Gasteiger partial charge in [0.15, 0.2) is 0 Å². The summed E-state index contributed by atoms with van der Waals surface area (Å²) in [6.45, 7) is 12.6. The third kappa shape index (κ3) is 13.5. The minimum Gasteiger partial charge on any atom is -0.444 e. The van der Waals surface area contributed by atoms with Gasteiger partial charge in [-0.2, -0.15) is 0 Å². The topological polar surface area (TPSA) is 85.9 Å². The number of rotatable bonds is 9. The largest absolute Gasteiger partial charge is 0.444 e. The molecule has 29 heavy (non-hydrogen) atoms. The predicted octanol–water partition coefficient (Wildman–Crippen LogP) is 4.26. The van der Waals surface area contributed by atoms with Gasteiger partial charge in [-0.1, -0.05) is 30.3 Å². The minimum atomic E-state index is -0.562. The second kappa shape index (κ2) is 11.7. The van der Waals surface area contributed by atoms with Crippen molar-refractivity contribution in [3.05, 3.63) is 35.9 Å². The summed E-state index contributed by atoms with van der Waals surface area (Å²) in [7, 11) is 0. The van der Waals surface area contributed by atoms with Gasteiger partial charge in [-0.05, 0) is 59.4 Å². The Kier molecular flexibility index (Phi) is 9.95. The molecule has 1 aromatic carbocycles. The molecule has 0 fully saturated rings. The maximum absolute atomic E-state index is 11.9. The average molecular weight is 409 g/mol. The van der Waals surface area contributed by atoms with Crippen LogP contribution in [0.4, 0.5) is 9.59 Å². The molecule has 1 rings (SSSR count). The predicted molar refractivity (Wildman–Crippen MR) is 113 cm³/mol. The number of benzene rings is 1. The number of carbonyl (C=O) groups is 2. The lowest BCUT2D eigenvalue weighted by molar-refractivity contribution is 0.0493. The Labute approximate surface area is 174 Å². The minimum absolute atomic E-state index is 0.0224. The Morgan fingerprint density at radius 2 is 1.34 bits per heavy atom. The van der Waals surface area contributed by atoms with E-state index in [1.54, 1.807) is 0 Å². The quantitative estimate of drug-likeness (QED) is 0.596. The number of nitrogens with one attached hydrogen (secondary N) is 2. The first-order chi connectivity index (χ1) is 13.4. The zero-order valence-electron chi connectivity index (χ0n) is 18.5. The van der Waals surface area contributed by atoms with E-state index in [0.29, 0.717) is 32.7 Å². The van der Waals surface area contributed by atoms with Crippen LogP contribution in [0.5, 0.6) is 0 Å². The van der Waals surface area contributed by atoms with E-state index in [9.17, 15) is 9.59 Å². The summed E-state index contributed by atoms with van der Waals surface area (Å²) < 4.78 is 16.3. The summed E-state index contributed by atoms with van der Waals surface area (Å²) in [5, 5.41) is 5.52. The highest BCUT2D eigenvalue weighted by Gasteiger charge is 2.20. The van der Waals surface area contributed by atoms with Crippen LogP contribution in [-0.2, 0) is 20.8 Å². The smallest absolute Gasteiger partial charge is 0.407 e. The molecule has 0 atom stereocenters. The summed E-state index contributed by atoms with van der Waals surface area (Å²) in [6.07, 6.45) is -0.298. The lowest BCUT2D eigenvalue weighted by Crippen LogP contribution is -2.40. The van der Waals surface area contributed by atoms with Crippen molar-refractivity contribution in [1.82, 2.24) is 10.6 Å². The first-order valence-electron chi connectivity index (χ1n) is 10.00. The van der Waals surface area contributed by atoms with E-state index in [0.717, 1.165) is 5.56 Å². The van der Waals surface area contributed by atoms with E-state index in [1.807, 2.05) is 71.9 Å². The lowest BCUT2D eigenvalue weighted by Gasteiger charge is -2.23. The molecule has 0 aliphatic carbocycles. The standard InChI is InChI=1S/C22H36N2O5/c1-21(2,3)28-19(25)23-14-18(15-24-20(26)29-22(4,5)6)12-13-27-16-17-10-8-7-9-11-17/h7-11,18H,12-16H2,1-6H3,(H,23,25)(H,24,26). The first-order valence-corrected chi connectivity index (χ1v) is 10.00. The number of ether oxygens (including phenoxy) is 3. The lowest BCUT2D eigenvalue weighted by atomic mass is 10.1. The van der Waals surface area contributed by atoms with E-state index in [2.05, 4.69) is 10.6 Å². The van der Waals surface area contributed by atoms with E-state index >= 15 is 0 Å². The van der Waals surface area contributed by atoms with E-state index in [1.165, 1.54) is 0 Å². The van der Waals surface area contributed by atoms with Crippen LogP contribution in [-0.4, -0.2) is 43.1 Å². The summed E-state index contributed by atoms with van der Waals surface area (Å²) in [5.74, 6) is -0.0224. The van der Waals surface area contributed by atoms with Crippen molar-refractivity contribution in [3.63, 3.8) is 0 Å². The van der Waals surface area contributed by atoms with Gasteiger partial charge in [-0.15, -0.1) is 0 Å². The molecule has 1 aromatic rings. The van der Waals surface area contributed by atoms with Gasteiger partial charge in [0.25, 0.3) is 0 Å². The third-order valence-corrected chi connectivity index (χ3v) is 3.65. The molecular weight excluding hydrogens is 372 g/mol. The van der Waals surface area contributed by atoms with E-state index in [4.69, 9.17) is 14.2 Å². The summed E-state index contributed by atoms with van der Waals surface area (Å²) in [4.78, 5) is 23.9. The molecule has 0 spiro atoms. The molecule has 0 radical (unpaired) electrons.